The number of hydrogen-bond acceptors (Lipinski definition) is 3. The van der Waals surface area contributed by atoms with Crippen molar-refractivity contribution in [2.75, 3.05) is 0 Å². The van der Waals surface area contributed by atoms with E-state index in [-0.39, 0.29) is 0 Å². The maximum absolute atomic E-state index is 5.50. The van der Waals surface area contributed by atoms with Crippen LogP contribution in [0.4, 0.5) is 6.01 Å². The molecule has 98 valence electrons. The molecule has 0 bridgehead atoms. The molecule has 0 spiro atoms. The average molecular weight is 327 g/mol. The van der Waals surface area contributed by atoms with Crippen LogP contribution >= 0.6 is 15.9 Å². The van der Waals surface area contributed by atoms with Crippen LogP contribution in [0, 0.1) is 0 Å². The molecule has 0 amide bonds. The molecular weight excluding hydrogens is 316 g/mol. The zero-order valence-corrected chi connectivity index (χ0v) is 12.1. The summed E-state index contributed by atoms with van der Waals surface area (Å²) in [6, 6.07) is 20.0. The molecule has 0 atom stereocenters. The van der Waals surface area contributed by atoms with E-state index >= 15 is 0 Å². The van der Waals surface area contributed by atoms with Crippen molar-refractivity contribution < 1.29 is 4.42 Å². The minimum absolute atomic E-state index is 0.333. The zero-order valence-electron chi connectivity index (χ0n) is 10.5. The third kappa shape index (κ3) is 2.86. The predicted molar refractivity (Wildman–Crippen MR) is 83.3 cm³/mol. The minimum Gasteiger partial charge on any atom is -0.414 e. The summed E-state index contributed by atoms with van der Waals surface area (Å²) in [6.45, 7) is 0. The largest absolute Gasteiger partial charge is 0.414 e. The summed E-state index contributed by atoms with van der Waals surface area (Å²) < 4.78 is 6.09. The van der Waals surface area contributed by atoms with Crippen LogP contribution in [-0.4, -0.2) is 11.2 Å². The molecule has 0 aliphatic heterocycles. The van der Waals surface area contributed by atoms with Crippen LogP contribution < -0.4 is 0 Å². The highest BCUT2D eigenvalue weighted by Gasteiger charge is 2.11. The second-order valence-corrected chi connectivity index (χ2v) is 4.87. The van der Waals surface area contributed by atoms with Gasteiger partial charge in [-0.05, 0) is 21.5 Å². The third-order valence-electron chi connectivity index (χ3n) is 2.75. The second-order valence-electron chi connectivity index (χ2n) is 4.15. The van der Waals surface area contributed by atoms with E-state index in [2.05, 4.69) is 25.9 Å². The van der Waals surface area contributed by atoms with Gasteiger partial charge in [0.15, 0.2) is 4.67 Å². The normalized spacial score (nSPS) is 11.1. The molecule has 0 radical (unpaired) electrons. The molecule has 0 saturated carbocycles. The molecule has 1 heterocycles. The molecular formula is C16H11BrN2O. The first-order chi connectivity index (χ1) is 9.83. The SMILES string of the molecule is Brc1oc(/N=C/c2ccccc2)nc1-c1ccccc1. The Labute approximate surface area is 125 Å². The lowest BCUT2D eigenvalue weighted by atomic mass is 10.2. The molecule has 3 nitrogen and oxygen atoms in total. The molecule has 2 aromatic carbocycles. The van der Waals surface area contributed by atoms with Crippen LogP contribution in [0.5, 0.6) is 0 Å². The minimum atomic E-state index is 0.333. The Morgan fingerprint density at radius 1 is 0.950 bits per heavy atom. The molecule has 1 aromatic heterocycles. The Balaban J connectivity index is 1.88. The molecule has 20 heavy (non-hydrogen) atoms. The Kier molecular flexibility index (Phi) is 3.74. The molecule has 0 saturated heterocycles. The van der Waals surface area contributed by atoms with Gasteiger partial charge in [-0.3, -0.25) is 0 Å². The first-order valence-corrected chi connectivity index (χ1v) is 6.93. The van der Waals surface area contributed by atoms with E-state index in [0.29, 0.717) is 10.7 Å². The van der Waals surface area contributed by atoms with Gasteiger partial charge < -0.3 is 4.42 Å². The topological polar surface area (TPSA) is 38.4 Å². The lowest BCUT2D eigenvalue weighted by molar-refractivity contribution is 0.546. The summed E-state index contributed by atoms with van der Waals surface area (Å²) in [4.78, 5) is 8.63. The number of aliphatic imine (C=N–C) groups is 1. The molecule has 3 aromatic rings. The highest BCUT2D eigenvalue weighted by atomic mass is 79.9. The van der Waals surface area contributed by atoms with Crippen LogP contribution in [0.2, 0.25) is 0 Å². The first-order valence-electron chi connectivity index (χ1n) is 6.14. The van der Waals surface area contributed by atoms with Crippen molar-refractivity contribution in [3.63, 3.8) is 0 Å². The first kappa shape index (κ1) is 12.8. The lowest BCUT2D eigenvalue weighted by Crippen LogP contribution is -1.79. The number of nitrogens with zero attached hydrogens (tertiary/aromatic N) is 2. The summed E-state index contributed by atoms with van der Waals surface area (Å²) in [7, 11) is 0. The van der Waals surface area contributed by atoms with E-state index in [1.165, 1.54) is 0 Å². The smallest absolute Gasteiger partial charge is 0.323 e. The van der Waals surface area contributed by atoms with Crippen molar-refractivity contribution in [2.24, 2.45) is 4.99 Å². The quantitative estimate of drug-likeness (QED) is 0.645. The molecule has 0 aliphatic rings. The molecule has 0 unspecified atom stereocenters. The van der Waals surface area contributed by atoms with Crippen molar-refractivity contribution in [3.8, 4) is 11.3 Å². The van der Waals surface area contributed by atoms with Crippen LogP contribution in [0.1, 0.15) is 5.56 Å². The van der Waals surface area contributed by atoms with Crippen molar-refractivity contribution >= 4 is 28.2 Å². The third-order valence-corrected chi connectivity index (χ3v) is 3.28. The van der Waals surface area contributed by atoms with Crippen LogP contribution in [-0.2, 0) is 0 Å². The summed E-state index contributed by atoms with van der Waals surface area (Å²) in [6.07, 6.45) is 1.73. The van der Waals surface area contributed by atoms with Crippen molar-refractivity contribution in [2.45, 2.75) is 0 Å². The van der Waals surface area contributed by atoms with Gasteiger partial charge in [0.05, 0.1) is 0 Å². The maximum atomic E-state index is 5.50. The maximum Gasteiger partial charge on any atom is 0.323 e. The zero-order chi connectivity index (χ0) is 13.8. The highest BCUT2D eigenvalue weighted by molar-refractivity contribution is 9.10. The van der Waals surface area contributed by atoms with Crippen molar-refractivity contribution in [3.05, 3.63) is 70.9 Å². The second kappa shape index (κ2) is 5.84. The van der Waals surface area contributed by atoms with Gasteiger partial charge in [0, 0.05) is 11.8 Å². The van der Waals surface area contributed by atoms with E-state index in [4.69, 9.17) is 4.42 Å². The summed E-state index contributed by atoms with van der Waals surface area (Å²) in [5, 5.41) is 0. The number of rotatable bonds is 3. The average Bonchev–Trinajstić information content (AvgIpc) is 2.88. The number of benzene rings is 2. The molecule has 0 fully saturated rings. The Hall–Kier alpha value is -2.20. The predicted octanol–water partition coefficient (Wildman–Crippen LogP) is 4.85. The fraction of sp³-hybridized carbons (Fsp3) is 0. The van der Waals surface area contributed by atoms with E-state index in [1.54, 1.807) is 6.21 Å². The number of oxazole rings is 1. The van der Waals surface area contributed by atoms with Gasteiger partial charge in [-0.25, -0.2) is 4.99 Å². The van der Waals surface area contributed by atoms with Crippen molar-refractivity contribution in [1.82, 2.24) is 4.98 Å². The van der Waals surface area contributed by atoms with Gasteiger partial charge in [0.2, 0.25) is 0 Å². The summed E-state index contributed by atoms with van der Waals surface area (Å²) >= 11 is 3.38. The van der Waals surface area contributed by atoms with E-state index in [9.17, 15) is 0 Å². The van der Waals surface area contributed by atoms with Crippen LogP contribution in [0.15, 0.2) is 74.7 Å². The Morgan fingerprint density at radius 2 is 1.60 bits per heavy atom. The van der Waals surface area contributed by atoms with Crippen LogP contribution in [0.3, 0.4) is 0 Å². The number of aromatic nitrogens is 1. The van der Waals surface area contributed by atoms with Gasteiger partial charge in [0.1, 0.15) is 5.69 Å². The number of hydrogen-bond donors (Lipinski definition) is 0. The summed E-state index contributed by atoms with van der Waals surface area (Å²) in [5.74, 6) is 0. The van der Waals surface area contributed by atoms with Gasteiger partial charge in [-0.15, -0.1) is 0 Å². The van der Waals surface area contributed by atoms with E-state index in [0.717, 1.165) is 16.8 Å². The molecule has 4 heteroatoms. The Bertz CT molecular complexity index is 721. The highest BCUT2D eigenvalue weighted by Crippen LogP contribution is 2.31. The van der Waals surface area contributed by atoms with Gasteiger partial charge in [-0.2, -0.15) is 4.98 Å². The van der Waals surface area contributed by atoms with E-state index in [1.807, 2.05) is 60.7 Å². The van der Waals surface area contributed by atoms with Gasteiger partial charge >= 0.3 is 6.01 Å². The van der Waals surface area contributed by atoms with E-state index < -0.39 is 0 Å². The lowest BCUT2D eigenvalue weighted by Gasteiger charge is -1.93. The molecule has 3 rings (SSSR count). The molecule has 0 N–H and O–H groups in total. The van der Waals surface area contributed by atoms with Gasteiger partial charge in [0.25, 0.3) is 0 Å². The molecule has 0 aliphatic carbocycles. The Morgan fingerprint density at radius 3 is 2.30 bits per heavy atom. The van der Waals surface area contributed by atoms with Crippen LogP contribution in [0.25, 0.3) is 11.3 Å². The fourth-order valence-electron chi connectivity index (χ4n) is 1.79. The van der Waals surface area contributed by atoms with Gasteiger partial charge in [-0.1, -0.05) is 60.7 Å². The number of halogens is 1. The fourth-order valence-corrected chi connectivity index (χ4v) is 2.25. The van der Waals surface area contributed by atoms with Crippen molar-refractivity contribution in [1.29, 1.82) is 0 Å². The summed E-state index contributed by atoms with van der Waals surface area (Å²) in [5.41, 5.74) is 2.75. The monoisotopic (exact) mass is 326 g/mol. The standard InChI is InChI=1S/C16H11BrN2O/c17-15-14(13-9-5-2-6-10-13)19-16(20-15)18-11-12-7-3-1-4-8-12/h1-11H/b18-11+.